The largest absolute Gasteiger partial charge is 0.329 e. The van der Waals surface area contributed by atoms with E-state index in [9.17, 15) is 4.79 Å². The van der Waals surface area contributed by atoms with Crippen LogP contribution in [0.1, 0.15) is 0 Å². The van der Waals surface area contributed by atoms with Gasteiger partial charge in [0.15, 0.2) is 5.82 Å². The van der Waals surface area contributed by atoms with Crippen LogP contribution in [0.15, 0.2) is 42.7 Å². The molecule has 0 spiro atoms. The number of aromatic nitrogens is 2. The van der Waals surface area contributed by atoms with Gasteiger partial charge in [-0.1, -0.05) is 0 Å². The molecule has 1 amide bonds. The van der Waals surface area contributed by atoms with Crippen molar-refractivity contribution >= 4 is 12.1 Å². The predicted molar refractivity (Wildman–Crippen MR) is 57.2 cm³/mol. The van der Waals surface area contributed by atoms with Crippen molar-refractivity contribution in [2.45, 2.75) is 0 Å². The zero-order chi connectivity index (χ0) is 10.5. The van der Waals surface area contributed by atoms with Crippen LogP contribution in [-0.2, 0) is 4.79 Å². The van der Waals surface area contributed by atoms with Crippen molar-refractivity contribution in [3.8, 4) is 11.4 Å². The third-order valence-corrected chi connectivity index (χ3v) is 1.93. The summed E-state index contributed by atoms with van der Waals surface area (Å²) in [5, 5.41) is 2.56. The molecule has 1 N–H and O–H groups in total. The van der Waals surface area contributed by atoms with Crippen LogP contribution in [-0.4, -0.2) is 16.4 Å². The van der Waals surface area contributed by atoms with Crippen molar-refractivity contribution in [2.75, 3.05) is 5.32 Å². The summed E-state index contributed by atoms with van der Waals surface area (Å²) in [6.07, 6.45) is 4.04. The molecule has 0 aliphatic carbocycles. The lowest BCUT2D eigenvalue weighted by Gasteiger charge is -2.01. The monoisotopic (exact) mass is 199 g/mol. The summed E-state index contributed by atoms with van der Waals surface area (Å²) in [5.41, 5.74) is 1.68. The number of nitrogens with zero attached hydrogens (tertiary/aromatic N) is 2. The maximum atomic E-state index is 10.2. The molecule has 4 heteroatoms. The van der Waals surface area contributed by atoms with Crippen LogP contribution in [0.25, 0.3) is 11.4 Å². The smallest absolute Gasteiger partial charge is 0.211 e. The molecule has 0 aliphatic heterocycles. The number of benzene rings is 1. The molecule has 2 rings (SSSR count). The van der Waals surface area contributed by atoms with E-state index in [1.807, 2.05) is 12.1 Å². The Morgan fingerprint density at radius 1 is 1.07 bits per heavy atom. The van der Waals surface area contributed by atoms with E-state index in [0.717, 1.165) is 11.3 Å². The molecule has 1 aromatic carbocycles. The molecule has 1 heterocycles. The summed E-state index contributed by atoms with van der Waals surface area (Å²) in [5.74, 6) is 0.676. The van der Waals surface area contributed by atoms with E-state index in [1.165, 1.54) is 0 Å². The molecule has 0 aliphatic rings. The third-order valence-electron chi connectivity index (χ3n) is 1.93. The first-order valence-corrected chi connectivity index (χ1v) is 4.48. The zero-order valence-corrected chi connectivity index (χ0v) is 7.92. The van der Waals surface area contributed by atoms with Crippen molar-refractivity contribution < 1.29 is 4.79 Å². The van der Waals surface area contributed by atoms with Gasteiger partial charge in [0.05, 0.1) is 0 Å². The van der Waals surface area contributed by atoms with Gasteiger partial charge in [-0.2, -0.15) is 0 Å². The maximum absolute atomic E-state index is 10.2. The van der Waals surface area contributed by atoms with Crippen molar-refractivity contribution in [2.24, 2.45) is 0 Å². The third kappa shape index (κ3) is 2.17. The van der Waals surface area contributed by atoms with Crippen LogP contribution in [0.4, 0.5) is 5.69 Å². The number of anilines is 1. The average molecular weight is 199 g/mol. The van der Waals surface area contributed by atoms with Gasteiger partial charge in [0, 0.05) is 23.6 Å². The van der Waals surface area contributed by atoms with Crippen LogP contribution in [0, 0.1) is 0 Å². The molecule has 0 saturated carbocycles. The summed E-state index contributed by atoms with van der Waals surface area (Å²) in [6, 6.07) is 9.11. The van der Waals surface area contributed by atoms with Crippen molar-refractivity contribution in [1.82, 2.24) is 9.97 Å². The second-order valence-corrected chi connectivity index (χ2v) is 2.91. The number of hydrogen-bond donors (Lipinski definition) is 1. The summed E-state index contributed by atoms with van der Waals surface area (Å²) < 4.78 is 0. The van der Waals surface area contributed by atoms with E-state index in [2.05, 4.69) is 15.3 Å². The molecular formula is C11H9N3O. The second kappa shape index (κ2) is 4.32. The minimum atomic E-state index is 0.647. The van der Waals surface area contributed by atoms with Crippen molar-refractivity contribution in [3.05, 3.63) is 42.7 Å². The van der Waals surface area contributed by atoms with E-state index >= 15 is 0 Å². The molecule has 0 atom stereocenters. The maximum Gasteiger partial charge on any atom is 0.211 e. The van der Waals surface area contributed by atoms with Gasteiger partial charge in [0.25, 0.3) is 0 Å². The molecule has 0 unspecified atom stereocenters. The van der Waals surface area contributed by atoms with Crippen molar-refractivity contribution in [1.29, 1.82) is 0 Å². The van der Waals surface area contributed by atoms with Gasteiger partial charge in [-0.05, 0) is 30.3 Å². The molecule has 74 valence electrons. The van der Waals surface area contributed by atoms with Crippen LogP contribution in [0.2, 0.25) is 0 Å². The number of carbonyl (C=O) groups is 1. The summed E-state index contributed by atoms with van der Waals surface area (Å²) >= 11 is 0. The number of carbonyl (C=O) groups excluding carboxylic acids is 1. The minimum absolute atomic E-state index is 0.647. The second-order valence-electron chi connectivity index (χ2n) is 2.91. The fraction of sp³-hybridized carbons (Fsp3) is 0. The Labute approximate surface area is 87.0 Å². The Balaban J connectivity index is 2.28. The average Bonchev–Trinajstić information content (AvgIpc) is 2.32. The fourth-order valence-electron chi connectivity index (χ4n) is 1.23. The van der Waals surface area contributed by atoms with Crippen LogP contribution >= 0.6 is 0 Å². The highest BCUT2D eigenvalue weighted by atomic mass is 16.1. The van der Waals surface area contributed by atoms with Gasteiger partial charge in [-0.25, -0.2) is 9.97 Å². The van der Waals surface area contributed by atoms with E-state index in [1.54, 1.807) is 30.6 Å². The van der Waals surface area contributed by atoms with Gasteiger partial charge in [-0.15, -0.1) is 0 Å². The lowest BCUT2D eigenvalue weighted by Crippen LogP contribution is -1.93. The topological polar surface area (TPSA) is 54.9 Å². The fourth-order valence-corrected chi connectivity index (χ4v) is 1.23. The van der Waals surface area contributed by atoms with Crippen LogP contribution < -0.4 is 5.32 Å². The number of amides is 1. The highest BCUT2D eigenvalue weighted by molar-refractivity contribution is 5.72. The Hall–Kier alpha value is -2.23. The Morgan fingerprint density at radius 3 is 2.33 bits per heavy atom. The van der Waals surface area contributed by atoms with Gasteiger partial charge < -0.3 is 5.32 Å². The van der Waals surface area contributed by atoms with Gasteiger partial charge in [0.1, 0.15) is 0 Å². The number of nitrogens with one attached hydrogen (secondary N) is 1. The van der Waals surface area contributed by atoms with Gasteiger partial charge in [-0.3, -0.25) is 4.79 Å². The summed E-state index contributed by atoms with van der Waals surface area (Å²) in [4.78, 5) is 18.4. The zero-order valence-electron chi connectivity index (χ0n) is 7.92. The van der Waals surface area contributed by atoms with Crippen LogP contribution in [0.3, 0.4) is 0 Å². The van der Waals surface area contributed by atoms with Gasteiger partial charge in [0.2, 0.25) is 6.41 Å². The Bertz CT molecular complexity index is 439. The first-order chi connectivity index (χ1) is 7.40. The number of hydrogen-bond acceptors (Lipinski definition) is 3. The SMILES string of the molecule is O=CNc1ccc(-c2ncccn2)cc1. The van der Waals surface area contributed by atoms with Crippen molar-refractivity contribution in [3.63, 3.8) is 0 Å². The molecule has 0 radical (unpaired) electrons. The molecule has 4 nitrogen and oxygen atoms in total. The molecule has 1 aromatic heterocycles. The molecule has 0 bridgehead atoms. The van der Waals surface area contributed by atoms with E-state index in [4.69, 9.17) is 0 Å². The van der Waals surface area contributed by atoms with E-state index in [0.29, 0.717) is 12.2 Å². The quantitative estimate of drug-likeness (QED) is 0.765. The molecule has 0 saturated heterocycles. The summed E-state index contributed by atoms with van der Waals surface area (Å²) in [6.45, 7) is 0. The highest BCUT2D eigenvalue weighted by Crippen LogP contribution is 2.16. The highest BCUT2D eigenvalue weighted by Gasteiger charge is 1.98. The first kappa shape index (κ1) is 9.33. The van der Waals surface area contributed by atoms with E-state index < -0.39 is 0 Å². The predicted octanol–water partition coefficient (Wildman–Crippen LogP) is 1.71. The minimum Gasteiger partial charge on any atom is -0.329 e. The van der Waals surface area contributed by atoms with Gasteiger partial charge >= 0.3 is 0 Å². The van der Waals surface area contributed by atoms with Crippen LogP contribution in [0.5, 0.6) is 0 Å². The first-order valence-electron chi connectivity index (χ1n) is 4.48. The Kier molecular flexibility index (Phi) is 2.69. The lowest BCUT2D eigenvalue weighted by molar-refractivity contribution is -0.105. The molecule has 15 heavy (non-hydrogen) atoms. The standard InChI is InChI=1S/C11H9N3O/c15-8-14-10-4-2-9(3-5-10)11-12-6-1-7-13-11/h1-8H,(H,14,15). The normalized spacial score (nSPS) is 9.60. The molecule has 0 fully saturated rings. The number of rotatable bonds is 3. The Morgan fingerprint density at radius 2 is 1.73 bits per heavy atom. The molecular weight excluding hydrogens is 190 g/mol. The molecule has 2 aromatic rings. The van der Waals surface area contributed by atoms with E-state index in [-0.39, 0.29) is 0 Å². The lowest BCUT2D eigenvalue weighted by atomic mass is 10.2. The summed E-state index contributed by atoms with van der Waals surface area (Å²) in [7, 11) is 0.